The van der Waals surface area contributed by atoms with Gasteiger partial charge in [-0.2, -0.15) is 0 Å². The first-order valence-corrected chi connectivity index (χ1v) is 11.9. The molecule has 0 saturated carbocycles. The number of thioether (sulfide) groups is 1. The molecular weight excluding hydrogens is 463 g/mol. The van der Waals surface area contributed by atoms with Crippen LogP contribution in [0.25, 0.3) is 0 Å². The number of rotatable bonds is 9. The molecule has 0 fully saturated rings. The second-order valence-electron chi connectivity index (χ2n) is 7.18. The van der Waals surface area contributed by atoms with Crippen molar-refractivity contribution in [1.29, 1.82) is 0 Å². The van der Waals surface area contributed by atoms with Gasteiger partial charge in [0, 0.05) is 35.0 Å². The molecule has 0 aliphatic rings. The molecule has 3 aromatic carbocycles. The molecule has 1 N–H and O–H groups in total. The predicted molar refractivity (Wildman–Crippen MR) is 132 cm³/mol. The van der Waals surface area contributed by atoms with Gasteiger partial charge in [-0.1, -0.05) is 77.8 Å². The molecule has 1 atom stereocenters. The van der Waals surface area contributed by atoms with Gasteiger partial charge in [0.25, 0.3) is 0 Å². The number of benzene rings is 3. The van der Waals surface area contributed by atoms with Gasteiger partial charge in [-0.25, -0.2) is 0 Å². The van der Waals surface area contributed by atoms with E-state index in [1.165, 1.54) is 11.8 Å². The summed E-state index contributed by atoms with van der Waals surface area (Å²) in [5, 5.41) is 3.69. The molecule has 0 aliphatic carbocycles. The molecule has 3 rings (SSSR count). The van der Waals surface area contributed by atoms with Crippen LogP contribution in [-0.4, -0.2) is 35.6 Å². The van der Waals surface area contributed by atoms with Crippen molar-refractivity contribution in [2.24, 2.45) is 0 Å². The van der Waals surface area contributed by atoms with Gasteiger partial charge in [0.05, 0.1) is 5.75 Å². The monoisotopic (exact) mass is 486 g/mol. The number of likely N-dealkylation sites (N-methyl/N-ethyl adjacent to an activating group) is 1. The van der Waals surface area contributed by atoms with Gasteiger partial charge in [0.15, 0.2) is 0 Å². The molecule has 0 saturated heterocycles. The average molecular weight is 487 g/mol. The zero-order valence-electron chi connectivity index (χ0n) is 17.6. The lowest BCUT2D eigenvalue weighted by Gasteiger charge is -2.31. The number of nitrogens with zero attached hydrogens (tertiary/aromatic N) is 1. The van der Waals surface area contributed by atoms with Gasteiger partial charge in [0.2, 0.25) is 11.8 Å². The van der Waals surface area contributed by atoms with Crippen molar-refractivity contribution >= 4 is 46.8 Å². The molecule has 7 heteroatoms. The molecule has 4 nitrogen and oxygen atoms in total. The minimum Gasteiger partial charge on any atom is -0.357 e. The molecule has 0 aliphatic heterocycles. The van der Waals surface area contributed by atoms with Gasteiger partial charge in [-0.3, -0.25) is 9.59 Å². The van der Waals surface area contributed by atoms with Crippen LogP contribution in [0.4, 0.5) is 0 Å². The zero-order chi connectivity index (χ0) is 22.9. The Morgan fingerprint density at radius 2 is 1.62 bits per heavy atom. The van der Waals surface area contributed by atoms with E-state index in [0.29, 0.717) is 16.5 Å². The zero-order valence-corrected chi connectivity index (χ0v) is 20.0. The quantitative estimate of drug-likeness (QED) is 0.407. The summed E-state index contributed by atoms with van der Waals surface area (Å²) in [6.45, 7) is 0.203. The van der Waals surface area contributed by atoms with Crippen LogP contribution in [0.3, 0.4) is 0 Å². The van der Waals surface area contributed by atoms with Crippen LogP contribution in [0.2, 0.25) is 10.0 Å². The van der Waals surface area contributed by atoms with Crippen LogP contribution >= 0.6 is 35.0 Å². The second kappa shape index (κ2) is 12.0. The van der Waals surface area contributed by atoms with Gasteiger partial charge in [0.1, 0.15) is 6.04 Å². The third-order valence-corrected chi connectivity index (χ3v) is 6.56. The van der Waals surface area contributed by atoms with Crippen LogP contribution < -0.4 is 5.32 Å². The number of halogens is 2. The Labute approximate surface area is 202 Å². The van der Waals surface area contributed by atoms with Gasteiger partial charge < -0.3 is 10.2 Å². The van der Waals surface area contributed by atoms with Crippen LogP contribution in [0.15, 0.2) is 83.8 Å². The van der Waals surface area contributed by atoms with Crippen molar-refractivity contribution in [3.63, 3.8) is 0 Å². The molecule has 0 spiro atoms. The second-order valence-corrected chi connectivity index (χ2v) is 9.07. The van der Waals surface area contributed by atoms with Crippen LogP contribution in [0.5, 0.6) is 0 Å². The lowest BCUT2D eigenvalue weighted by molar-refractivity contribution is -0.139. The minimum absolute atomic E-state index is 0.144. The molecule has 166 valence electrons. The maximum atomic E-state index is 13.4. The molecule has 32 heavy (non-hydrogen) atoms. The Morgan fingerprint density at radius 1 is 0.969 bits per heavy atom. The highest BCUT2D eigenvalue weighted by Crippen LogP contribution is 2.25. The number of hydrogen-bond acceptors (Lipinski definition) is 3. The van der Waals surface area contributed by atoms with Crippen molar-refractivity contribution in [1.82, 2.24) is 10.2 Å². The number of carbonyl (C=O) groups excluding carboxylic acids is 2. The van der Waals surface area contributed by atoms with E-state index in [-0.39, 0.29) is 24.1 Å². The Bertz CT molecular complexity index is 1050. The van der Waals surface area contributed by atoms with Crippen LogP contribution in [0.1, 0.15) is 11.1 Å². The summed E-state index contributed by atoms with van der Waals surface area (Å²) in [5.41, 5.74) is 1.70. The number of nitrogens with one attached hydrogen (secondary N) is 1. The summed E-state index contributed by atoms with van der Waals surface area (Å²) in [6, 6.07) is 23.9. The highest BCUT2D eigenvalue weighted by atomic mass is 35.5. The lowest BCUT2D eigenvalue weighted by atomic mass is 10.0. The largest absolute Gasteiger partial charge is 0.357 e. The summed E-state index contributed by atoms with van der Waals surface area (Å²) < 4.78 is 0. The molecule has 0 heterocycles. The number of carbonyl (C=O) groups is 2. The van der Waals surface area contributed by atoms with Gasteiger partial charge in [-0.05, 0) is 35.4 Å². The van der Waals surface area contributed by atoms with Gasteiger partial charge in [-0.15, -0.1) is 11.8 Å². The van der Waals surface area contributed by atoms with E-state index >= 15 is 0 Å². The standard InChI is InChI=1S/C25H24Cl2N2O2S/c1-28-25(31)23(14-18-8-4-2-5-9-18)29(16-19-12-13-20(26)15-22(19)27)24(30)17-32-21-10-6-3-7-11-21/h2-13,15,23H,14,16-17H2,1H3,(H,28,31). The molecule has 1 unspecified atom stereocenters. The molecule has 2 amide bonds. The minimum atomic E-state index is -0.682. The first kappa shape index (κ1) is 24.2. The first-order valence-electron chi connectivity index (χ1n) is 10.1. The van der Waals surface area contributed by atoms with E-state index in [1.807, 2.05) is 60.7 Å². The summed E-state index contributed by atoms with van der Waals surface area (Å²) in [5.74, 6) is -0.163. The Morgan fingerprint density at radius 3 is 2.25 bits per heavy atom. The molecule has 0 bridgehead atoms. The summed E-state index contributed by atoms with van der Waals surface area (Å²) in [4.78, 5) is 28.9. The van der Waals surface area contributed by atoms with Gasteiger partial charge >= 0.3 is 0 Å². The summed E-state index contributed by atoms with van der Waals surface area (Å²) in [7, 11) is 1.58. The van der Waals surface area contributed by atoms with Crippen LogP contribution in [0, 0.1) is 0 Å². The van der Waals surface area contributed by atoms with E-state index in [9.17, 15) is 9.59 Å². The average Bonchev–Trinajstić information content (AvgIpc) is 2.81. The smallest absolute Gasteiger partial charge is 0.242 e. The van der Waals surface area contributed by atoms with Crippen LogP contribution in [-0.2, 0) is 22.6 Å². The van der Waals surface area contributed by atoms with E-state index in [0.717, 1.165) is 16.0 Å². The fraction of sp³-hybridized carbons (Fsp3) is 0.200. The van der Waals surface area contributed by atoms with E-state index in [4.69, 9.17) is 23.2 Å². The van der Waals surface area contributed by atoms with E-state index in [2.05, 4.69) is 5.32 Å². The van der Waals surface area contributed by atoms with E-state index < -0.39 is 6.04 Å². The molecule has 3 aromatic rings. The highest BCUT2D eigenvalue weighted by molar-refractivity contribution is 8.00. The third-order valence-electron chi connectivity index (χ3n) is 4.98. The van der Waals surface area contributed by atoms with Crippen molar-refractivity contribution in [3.8, 4) is 0 Å². The first-order chi connectivity index (χ1) is 15.5. The highest BCUT2D eigenvalue weighted by Gasteiger charge is 2.30. The third kappa shape index (κ3) is 6.76. The Hall–Kier alpha value is -2.47. The van der Waals surface area contributed by atoms with Crippen molar-refractivity contribution in [3.05, 3.63) is 100 Å². The topological polar surface area (TPSA) is 49.4 Å². The fourth-order valence-corrected chi connectivity index (χ4v) is 4.57. The Kier molecular flexibility index (Phi) is 9.03. The van der Waals surface area contributed by atoms with Crippen molar-refractivity contribution in [2.75, 3.05) is 12.8 Å². The maximum Gasteiger partial charge on any atom is 0.242 e. The summed E-state index contributed by atoms with van der Waals surface area (Å²) >= 11 is 13.9. The fourth-order valence-electron chi connectivity index (χ4n) is 3.30. The number of amides is 2. The van der Waals surface area contributed by atoms with E-state index in [1.54, 1.807) is 30.1 Å². The van der Waals surface area contributed by atoms with Crippen molar-refractivity contribution in [2.45, 2.75) is 23.9 Å². The number of hydrogen-bond donors (Lipinski definition) is 1. The molecular formula is C25H24Cl2N2O2S. The predicted octanol–water partition coefficient (Wildman–Crippen LogP) is 5.47. The SMILES string of the molecule is CNC(=O)C(Cc1ccccc1)N(Cc1ccc(Cl)cc1Cl)C(=O)CSc1ccccc1. The molecule has 0 radical (unpaired) electrons. The normalized spacial score (nSPS) is 11.6. The lowest BCUT2D eigenvalue weighted by Crippen LogP contribution is -2.50. The maximum absolute atomic E-state index is 13.4. The summed E-state index contributed by atoms with van der Waals surface area (Å²) in [6.07, 6.45) is 0.396. The Balaban J connectivity index is 1.90. The molecule has 0 aromatic heterocycles. The van der Waals surface area contributed by atoms with Crippen molar-refractivity contribution < 1.29 is 9.59 Å².